The first-order valence-electron chi connectivity index (χ1n) is 27.9. The lowest BCUT2D eigenvalue weighted by Crippen LogP contribution is -2.46. The largest absolute Gasteiger partial charge is 0.462 e. The first-order chi connectivity index (χ1) is 32.5. The van der Waals surface area contributed by atoms with E-state index in [0.717, 1.165) is 96.3 Å². The van der Waals surface area contributed by atoms with E-state index in [4.69, 9.17) is 4.74 Å². The molecule has 0 rings (SSSR count). The fourth-order valence-electron chi connectivity index (χ4n) is 8.15. The van der Waals surface area contributed by atoms with Gasteiger partial charge in [0.05, 0.1) is 25.2 Å². The van der Waals surface area contributed by atoms with Gasteiger partial charge in [0, 0.05) is 6.42 Å². The summed E-state index contributed by atoms with van der Waals surface area (Å²) in [5.74, 6) is -0.535. The van der Waals surface area contributed by atoms with E-state index in [9.17, 15) is 19.8 Å². The van der Waals surface area contributed by atoms with Crippen molar-refractivity contribution in [2.45, 2.75) is 277 Å². The van der Waals surface area contributed by atoms with Crippen LogP contribution >= 0.6 is 0 Å². The van der Waals surface area contributed by atoms with Gasteiger partial charge in [0.25, 0.3) is 0 Å². The van der Waals surface area contributed by atoms with Crippen molar-refractivity contribution < 1.29 is 24.5 Å². The maximum absolute atomic E-state index is 13.3. The number of hydrogen-bond acceptors (Lipinski definition) is 5. The molecule has 3 N–H and O–H groups in total. The van der Waals surface area contributed by atoms with Crippen LogP contribution in [0.1, 0.15) is 258 Å². The number of ether oxygens (including phenoxy) is 1. The summed E-state index contributed by atoms with van der Waals surface area (Å²) in [6, 6.07) is -0.723. The third kappa shape index (κ3) is 47.5. The molecule has 0 spiro atoms. The smallest absolute Gasteiger partial charge is 0.306 e. The lowest BCUT2D eigenvalue weighted by molar-refractivity contribution is -0.151. The lowest BCUT2D eigenvalue weighted by Gasteiger charge is -2.24. The lowest BCUT2D eigenvalue weighted by atomic mass is 10.0. The fourth-order valence-corrected chi connectivity index (χ4v) is 8.15. The van der Waals surface area contributed by atoms with Gasteiger partial charge in [-0.3, -0.25) is 9.59 Å². The quantitative estimate of drug-likeness (QED) is 0.0321. The van der Waals surface area contributed by atoms with Gasteiger partial charge in [0.1, 0.15) is 6.10 Å². The number of carbonyl (C=O) groups excluding carboxylic acids is 2. The Balaban J connectivity index is 4.67. The van der Waals surface area contributed by atoms with E-state index in [1.807, 2.05) is 18.2 Å². The van der Waals surface area contributed by atoms with Crippen molar-refractivity contribution in [2.24, 2.45) is 0 Å². The van der Waals surface area contributed by atoms with E-state index < -0.39 is 18.2 Å². The number of nitrogens with one attached hydrogen (secondary N) is 1. The van der Waals surface area contributed by atoms with Crippen LogP contribution in [0, 0.1) is 0 Å². The van der Waals surface area contributed by atoms with Crippen LogP contribution in [-0.4, -0.2) is 46.9 Å². The van der Waals surface area contributed by atoms with Crippen LogP contribution in [0.4, 0.5) is 0 Å². The van der Waals surface area contributed by atoms with Crippen molar-refractivity contribution in [3.8, 4) is 0 Å². The highest BCUT2D eigenvalue weighted by molar-refractivity contribution is 5.77. The Morgan fingerprint density at radius 2 is 0.818 bits per heavy atom. The molecule has 6 nitrogen and oxygen atoms in total. The molecule has 0 heterocycles. The minimum atomic E-state index is -0.806. The second-order valence-electron chi connectivity index (χ2n) is 18.8. The second-order valence-corrected chi connectivity index (χ2v) is 18.8. The first kappa shape index (κ1) is 63.0. The number of carbonyl (C=O) groups is 2. The van der Waals surface area contributed by atoms with Crippen LogP contribution in [-0.2, 0) is 14.3 Å². The Morgan fingerprint density at radius 3 is 1.26 bits per heavy atom. The molecule has 3 atom stereocenters. The number of rotatable bonds is 49. The molecule has 0 aromatic heterocycles. The maximum atomic E-state index is 13.3. The molecular formula is C60H105NO5. The average molecular weight is 921 g/mol. The highest BCUT2D eigenvalue weighted by atomic mass is 16.5. The van der Waals surface area contributed by atoms with E-state index >= 15 is 0 Å². The molecular weight excluding hydrogens is 815 g/mol. The first-order valence-corrected chi connectivity index (χ1v) is 27.9. The Bertz CT molecular complexity index is 1260. The standard InChI is InChI=1S/C60H105NO5/c1-4-7-10-13-16-19-22-25-28-31-33-36-39-42-45-48-51-56(66-60(65)53-50-47-44-41-38-35-30-27-24-21-18-15-12-9-6-3)54-59(64)61-57(55-62)58(63)52-49-46-43-40-37-34-32-29-26-23-20-17-14-11-8-5-2/h9,12,15,18,21-22,24-25,27-28,30-31,33,36,56-58,62-63H,4-8,10-11,13-14,16-17,19-20,23,26,29,32,34-35,37-55H2,1-3H3,(H,61,64)/b12-9+,18-15+,24-21+,25-22+,30-27-,31-28+,36-33+. The van der Waals surface area contributed by atoms with Crippen LogP contribution in [0.5, 0.6) is 0 Å². The van der Waals surface area contributed by atoms with Gasteiger partial charge in [-0.1, -0.05) is 260 Å². The van der Waals surface area contributed by atoms with Crippen molar-refractivity contribution in [1.29, 1.82) is 0 Å². The summed E-state index contributed by atoms with van der Waals surface area (Å²) in [6.07, 6.45) is 69.3. The van der Waals surface area contributed by atoms with Crippen LogP contribution in [0.3, 0.4) is 0 Å². The van der Waals surface area contributed by atoms with Gasteiger partial charge in [-0.25, -0.2) is 0 Å². The molecule has 0 bridgehead atoms. The van der Waals surface area contributed by atoms with Gasteiger partial charge in [0.15, 0.2) is 0 Å². The maximum Gasteiger partial charge on any atom is 0.306 e. The van der Waals surface area contributed by atoms with Crippen molar-refractivity contribution >= 4 is 11.9 Å². The summed E-state index contributed by atoms with van der Waals surface area (Å²) >= 11 is 0. The van der Waals surface area contributed by atoms with E-state index in [1.54, 1.807) is 0 Å². The zero-order valence-corrected chi connectivity index (χ0v) is 43.3. The number of unbranched alkanes of at least 4 members (excludes halogenated alkanes) is 28. The molecule has 3 unspecified atom stereocenters. The normalized spacial score (nSPS) is 13.8. The Morgan fingerprint density at radius 1 is 0.455 bits per heavy atom. The molecule has 0 saturated heterocycles. The van der Waals surface area contributed by atoms with Crippen LogP contribution in [0.25, 0.3) is 0 Å². The van der Waals surface area contributed by atoms with Gasteiger partial charge < -0.3 is 20.3 Å². The second kappa shape index (κ2) is 53.0. The SMILES string of the molecule is CC/C=C/C=C/C=C/C=C\CCCCCCCC(=O)OC(CCCCC/C=C/C=C/C=C/CCCCCCC)CC(=O)NC(CO)C(O)CCCCCCCCCCCCCCCCCC. The molecule has 66 heavy (non-hydrogen) atoms. The zero-order valence-electron chi connectivity index (χ0n) is 43.3. The molecule has 0 aliphatic rings. The molecule has 0 radical (unpaired) electrons. The van der Waals surface area contributed by atoms with Crippen molar-refractivity contribution in [3.05, 3.63) is 85.1 Å². The van der Waals surface area contributed by atoms with E-state index in [0.29, 0.717) is 19.3 Å². The molecule has 0 aromatic carbocycles. The Hall–Kier alpha value is -2.96. The summed E-state index contributed by atoms with van der Waals surface area (Å²) in [7, 11) is 0. The van der Waals surface area contributed by atoms with Gasteiger partial charge in [-0.05, 0) is 70.6 Å². The zero-order chi connectivity index (χ0) is 48.1. The fraction of sp³-hybridized carbons (Fsp3) is 0.733. The summed E-state index contributed by atoms with van der Waals surface area (Å²) in [5, 5.41) is 23.9. The van der Waals surface area contributed by atoms with Crippen molar-refractivity contribution in [3.63, 3.8) is 0 Å². The predicted octanol–water partition coefficient (Wildman–Crippen LogP) is 17.1. The number of hydrogen-bond donors (Lipinski definition) is 3. The van der Waals surface area contributed by atoms with Crippen molar-refractivity contribution in [2.75, 3.05) is 6.61 Å². The number of amides is 1. The predicted molar refractivity (Wildman–Crippen MR) is 287 cm³/mol. The molecule has 1 amide bonds. The third-order valence-corrected chi connectivity index (χ3v) is 12.4. The molecule has 0 saturated carbocycles. The summed E-state index contributed by atoms with van der Waals surface area (Å²) in [5.41, 5.74) is 0. The number of aliphatic hydroxyl groups excluding tert-OH is 2. The number of allylic oxidation sites excluding steroid dienone is 14. The van der Waals surface area contributed by atoms with Crippen LogP contribution in [0.15, 0.2) is 85.1 Å². The monoisotopic (exact) mass is 920 g/mol. The van der Waals surface area contributed by atoms with Gasteiger partial charge in [-0.15, -0.1) is 0 Å². The third-order valence-electron chi connectivity index (χ3n) is 12.4. The van der Waals surface area contributed by atoms with Crippen LogP contribution < -0.4 is 5.32 Å². The van der Waals surface area contributed by atoms with Gasteiger partial charge >= 0.3 is 5.97 Å². The molecule has 0 aromatic rings. The van der Waals surface area contributed by atoms with Gasteiger partial charge in [0.2, 0.25) is 5.91 Å². The molecule has 6 heteroatoms. The topological polar surface area (TPSA) is 95.9 Å². The van der Waals surface area contributed by atoms with Crippen molar-refractivity contribution in [1.82, 2.24) is 5.32 Å². The van der Waals surface area contributed by atoms with Crippen LogP contribution in [0.2, 0.25) is 0 Å². The van der Waals surface area contributed by atoms with E-state index in [2.05, 4.69) is 92.9 Å². The van der Waals surface area contributed by atoms with E-state index in [1.165, 1.54) is 116 Å². The molecule has 380 valence electrons. The Labute approximate surface area is 408 Å². The molecule has 0 aliphatic heterocycles. The molecule has 0 fully saturated rings. The summed E-state index contributed by atoms with van der Waals surface area (Å²) in [6.45, 7) is 6.33. The summed E-state index contributed by atoms with van der Waals surface area (Å²) < 4.78 is 5.93. The highest BCUT2D eigenvalue weighted by Gasteiger charge is 2.24. The highest BCUT2D eigenvalue weighted by Crippen LogP contribution is 2.18. The summed E-state index contributed by atoms with van der Waals surface area (Å²) in [4.78, 5) is 26.2. The average Bonchev–Trinajstić information content (AvgIpc) is 3.31. The molecule has 0 aliphatic carbocycles. The minimum Gasteiger partial charge on any atom is -0.462 e. The van der Waals surface area contributed by atoms with E-state index in [-0.39, 0.29) is 24.9 Å². The Kier molecular flexibility index (Phi) is 50.6. The number of aliphatic hydroxyl groups is 2. The van der Waals surface area contributed by atoms with Gasteiger partial charge in [-0.2, -0.15) is 0 Å². The number of esters is 1. The minimum absolute atomic E-state index is 0.0415.